The van der Waals surface area contributed by atoms with Gasteiger partial charge in [-0.1, -0.05) is 20.3 Å². The highest BCUT2D eigenvalue weighted by atomic mass is 32.2. The molecule has 0 aromatic heterocycles. The van der Waals surface area contributed by atoms with Crippen molar-refractivity contribution in [1.29, 1.82) is 0 Å². The molecular formula is C13H28N2O5S. The monoisotopic (exact) mass is 324 g/mol. The first kappa shape index (κ1) is 20.3. The third kappa shape index (κ3) is 9.02. The second kappa shape index (κ2) is 8.67. The van der Waals surface area contributed by atoms with Crippen molar-refractivity contribution in [1.82, 2.24) is 9.44 Å². The summed E-state index contributed by atoms with van der Waals surface area (Å²) in [6, 6.07) is -0.922. The molecule has 0 aromatic carbocycles. The number of carbonyl (C=O) groups excluding carboxylic acids is 1. The van der Waals surface area contributed by atoms with Gasteiger partial charge in [0, 0.05) is 13.7 Å². The molecule has 8 heteroatoms. The van der Waals surface area contributed by atoms with Crippen LogP contribution in [-0.2, 0) is 24.5 Å². The number of carbonyl (C=O) groups is 1. The van der Waals surface area contributed by atoms with E-state index >= 15 is 0 Å². The van der Waals surface area contributed by atoms with Crippen LogP contribution in [0.25, 0.3) is 0 Å². The van der Waals surface area contributed by atoms with E-state index in [1.54, 1.807) is 27.7 Å². The molecule has 0 saturated carbocycles. The predicted octanol–water partition coefficient (Wildman–Crippen LogP) is 0.813. The average Bonchev–Trinajstić information content (AvgIpc) is 2.33. The lowest BCUT2D eigenvalue weighted by atomic mass is 10.00. The van der Waals surface area contributed by atoms with Crippen LogP contribution in [0, 0.1) is 5.92 Å². The molecule has 0 bridgehead atoms. The summed E-state index contributed by atoms with van der Waals surface area (Å²) >= 11 is 0. The van der Waals surface area contributed by atoms with Crippen molar-refractivity contribution in [3.8, 4) is 0 Å². The third-order valence-electron chi connectivity index (χ3n) is 2.75. The van der Waals surface area contributed by atoms with Gasteiger partial charge in [-0.15, -0.1) is 0 Å². The van der Waals surface area contributed by atoms with Gasteiger partial charge in [0.25, 0.3) is 10.2 Å². The summed E-state index contributed by atoms with van der Waals surface area (Å²) in [5.41, 5.74) is -0.669. The molecule has 0 amide bonds. The van der Waals surface area contributed by atoms with Crippen LogP contribution in [0.1, 0.15) is 41.0 Å². The van der Waals surface area contributed by atoms with Gasteiger partial charge in [0.1, 0.15) is 11.6 Å². The zero-order valence-corrected chi connectivity index (χ0v) is 14.5. The molecule has 126 valence electrons. The average molecular weight is 324 g/mol. The lowest BCUT2D eigenvalue weighted by Gasteiger charge is -2.27. The first-order valence-electron chi connectivity index (χ1n) is 7.01. The fourth-order valence-electron chi connectivity index (χ4n) is 1.48. The summed E-state index contributed by atoms with van der Waals surface area (Å²) in [5.74, 6) is -0.757. The van der Waals surface area contributed by atoms with Crippen molar-refractivity contribution in [3.05, 3.63) is 0 Å². The van der Waals surface area contributed by atoms with Gasteiger partial charge in [-0.3, -0.25) is 4.79 Å². The number of hydrogen-bond donors (Lipinski definition) is 2. The largest absolute Gasteiger partial charge is 0.459 e. The molecule has 0 rings (SSSR count). The number of nitrogens with one attached hydrogen (secondary N) is 2. The Morgan fingerprint density at radius 3 is 2.29 bits per heavy atom. The molecule has 0 radical (unpaired) electrons. The smallest absolute Gasteiger partial charge is 0.325 e. The molecule has 0 aliphatic heterocycles. The zero-order chi connectivity index (χ0) is 16.7. The van der Waals surface area contributed by atoms with Gasteiger partial charge in [0.15, 0.2) is 0 Å². The third-order valence-corrected chi connectivity index (χ3v) is 3.90. The molecule has 7 nitrogen and oxygen atoms in total. The molecule has 2 atom stereocenters. The van der Waals surface area contributed by atoms with E-state index in [1.165, 1.54) is 7.11 Å². The molecular weight excluding hydrogens is 296 g/mol. The minimum Gasteiger partial charge on any atom is -0.459 e. The van der Waals surface area contributed by atoms with Gasteiger partial charge in [-0.05, 0) is 26.7 Å². The Morgan fingerprint density at radius 1 is 1.29 bits per heavy atom. The standard InChI is InChI=1S/C13H28N2O5S/c1-7-10(2)11(12(16)20-13(3,4)5)15-21(17,18)14-8-9-19-6/h10-11,14-15H,7-9H2,1-6H3/t10-,11-/m0/s1. The van der Waals surface area contributed by atoms with E-state index in [0.717, 1.165) is 0 Å². The molecule has 0 spiro atoms. The highest BCUT2D eigenvalue weighted by Crippen LogP contribution is 2.15. The zero-order valence-electron chi connectivity index (χ0n) is 13.7. The Labute approximate surface area is 128 Å². The number of methoxy groups -OCH3 is 1. The molecule has 0 aliphatic carbocycles. The highest BCUT2D eigenvalue weighted by Gasteiger charge is 2.32. The summed E-state index contributed by atoms with van der Waals surface area (Å²) in [6.45, 7) is 9.29. The Hall–Kier alpha value is -0.700. The van der Waals surface area contributed by atoms with Crippen molar-refractivity contribution in [2.45, 2.75) is 52.7 Å². The van der Waals surface area contributed by atoms with E-state index in [2.05, 4.69) is 9.44 Å². The van der Waals surface area contributed by atoms with E-state index in [4.69, 9.17) is 9.47 Å². The van der Waals surface area contributed by atoms with Gasteiger partial charge in [-0.2, -0.15) is 17.9 Å². The SMILES string of the molecule is CC[C@H](C)[C@H](NS(=O)(=O)NCCOC)C(=O)OC(C)(C)C. The maximum absolute atomic E-state index is 12.2. The van der Waals surface area contributed by atoms with E-state index in [-0.39, 0.29) is 19.1 Å². The van der Waals surface area contributed by atoms with Crippen LogP contribution < -0.4 is 9.44 Å². The minimum absolute atomic E-state index is 0.132. The topological polar surface area (TPSA) is 93.7 Å². The van der Waals surface area contributed by atoms with E-state index in [9.17, 15) is 13.2 Å². The van der Waals surface area contributed by atoms with Crippen LogP contribution in [0.15, 0.2) is 0 Å². The first-order valence-corrected chi connectivity index (χ1v) is 8.49. The summed E-state index contributed by atoms with van der Waals surface area (Å²) in [4.78, 5) is 12.2. The highest BCUT2D eigenvalue weighted by molar-refractivity contribution is 7.87. The quantitative estimate of drug-likeness (QED) is 0.483. The van der Waals surface area contributed by atoms with E-state index in [0.29, 0.717) is 6.42 Å². The van der Waals surface area contributed by atoms with Crippen LogP contribution in [-0.4, -0.2) is 46.3 Å². The van der Waals surface area contributed by atoms with Gasteiger partial charge >= 0.3 is 5.97 Å². The van der Waals surface area contributed by atoms with Gasteiger partial charge < -0.3 is 9.47 Å². The maximum atomic E-state index is 12.2. The van der Waals surface area contributed by atoms with Crippen molar-refractivity contribution < 1.29 is 22.7 Å². The summed E-state index contributed by atoms with van der Waals surface area (Å²) in [7, 11) is -2.31. The first-order chi connectivity index (χ1) is 9.52. The van der Waals surface area contributed by atoms with Gasteiger partial charge in [0.05, 0.1) is 6.61 Å². The van der Waals surface area contributed by atoms with Crippen LogP contribution in [0.5, 0.6) is 0 Å². The normalized spacial score (nSPS) is 15.5. The molecule has 0 aliphatic rings. The molecule has 21 heavy (non-hydrogen) atoms. The number of hydrogen-bond acceptors (Lipinski definition) is 5. The Balaban J connectivity index is 4.89. The number of ether oxygens (including phenoxy) is 2. The summed E-state index contributed by atoms with van der Waals surface area (Å²) < 4.78 is 38.6. The number of rotatable bonds is 9. The van der Waals surface area contributed by atoms with Crippen LogP contribution >= 0.6 is 0 Å². The fourth-order valence-corrected chi connectivity index (χ4v) is 2.58. The minimum atomic E-state index is -3.79. The Morgan fingerprint density at radius 2 is 1.86 bits per heavy atom. The lowest BCUT2D eigenvalue weighted by molar-refractivity contribution is -0.158. The Kier molecular flexibility index (Phi) is 8.38. The molecule has 0 unspecified atom stereocenters. The number of esters is 1. The predicted molar refractivity (Wildman–Crippen MR) is 81.0 cm³/mol. The van der Waals surface area contributed by atoms with Gasteiger partial charge in [-0.25, -0.2) is 0 Å². The van der Waals surface area contributed by atoms with Crippen molar-refractivity contribution in [3.63, 3.8) is 0 Å². The molecule has 2 N–H and O–H groups in total. The molecule has 0 aromatic rings. The van der Waals surface area contributed by atoms with Gasteiger partial charge in [0.2, 0.25) is 0 Å². The lowest BCUT2D eigenvalue weighted by Crippen LogP contribution is -2.51. The molecule has 0 fully saturated rings. The second-order valence-corrected chi connectivity index (χ2v) is 7.44. The fraction of sp³-hybridized carbons (Fsp3) is 0.923. The maximum Gasteiger partial charge on any atom is 0.325 e. The van der Waals surface area contributed by atoms with Crippen molar-refractivity contribution >= 4 is 16.2 Å². The van der Waals surface area contributed by atoms with Crippen LogP contribution in [0.2, 0.25) is 0 Å². The second-order valence-electron chi connectivity index (χ2n) is 5.91. The summed E-state index contributed by atoms with van der Waals surface area (Å²) in [5, 5.41) is 0. The Bertz CT molecular complexity index is 417. The van der Waals surface area contributed by atoms with Crippen LogP contribution in [0.3, 0.4) is 0 Å². The van der Waals surface area contributed by atoms with Crippen molar-refractivity contribution in [2.24, 2.45) is 5.92 Å². The van der Waals surface area contributed by atoms with E-state index in [1.807, 2.05) is 6.92 Å². The molecule has 0 saturated heterocycles. The van der Waals surface area contributed by atoms with E-state index < -0.39 is 27.8 Å². The van der Waals surface area contributed by atoms with Crippen LogP contribution in [0.4, 0.5) is 0 Å². The molecule has 0 heterocycles. The summed E-state index contributed by atoms with van der Waals surface area (Å²) in [6.07, 6.45) is 0.643. The van der Waals surface area contributed by atoms with Crippen molar-refractivity contribution in [2.75, 3.05) is 20.3 Å².